The van der Waals surface area contributed by atoms with Gasteiger partial charge < -0.3 is 9.64 Å². The summed E-state index contributed by atoms with van der Waals surface area (Å²) in [5.41, 5.74) is 0.385. The van der Waals surface area contributed by atoms with Gasteiger partial charge in [0.25, 0.3) is 6.43 Å². The van der Waals surface area contributed by atoms with Crippen LogP contribution in [0, 0.1) is 23.2 Å². The summed E-state index contributed by atoms with van der Waals surface area (Å²) in [5, 5.41) is 16.6. The average Bonchev–Trinajstić information content (AvgIpc) is 3.24. The average molecular weight is 522 g/mol. The van der Waals surface area contributed by atoms with E-state index in [-0.39, 0.29) is 9.90 Å². The minimum absolute atomic E-state index is 0.0378. The number of hydrogen-bond acceptors (Lipinski definition) is 9. The van der Waals surface area contributed by atoms with E-state index >= 15 is 0 Å². The molecule has 184 valence electrons. The second-order valence-corrected chi connectivity index (χ2v) is 11.9. The summed E-state index contributed by atoms with van der Waals surface area (Å²) >= 11 is 0.733. The Morgan fingerprint density at radius 1 is 1.29 bits per heavy atom. The van der Waals surface area contributed by atoms with E-state index in [1.54, 1.807) is 10.5 Å². The number of piperidine rings is 1. The van der Waals surface area contributed by atoms with E-state index in [0.717, 1.165) is 24.4 Å². The lowest BCUT2D eigenvalue weighted by atomic mass is 9.88. The SMILES string of the molecule is N#CC1(NS(=O)(=O)c2cc(N3CC[C@H]4COCC4C3)c3ncc(-c4nnc(C(F)F)s4)n3c2)CC1. The Balaban J connectivity index is 1.47. The van der Waals surface area contributed by atoms with Gasteiger partial charge in [0, 0.05) is 31.8 Å². The molecule has 2 atom stereocenters. The van der Waals surface area contributed by atoms with Crippen LogP contribution in [-0.4, -0.2) is 59.8 Å². The number of ether oxygens (including phenoxy) is 1. The van der Waals surface area contributed by atoms with Crippen molar-refractivity contribution in [2.45, 2.75) is 36.1 Å². The van der Waals surface area contributed by atoms with E-state index in [1.807, 2.05) is 6.07 Å². The third-order valence-electron chi connectivity index (χ3n) is 6.91. The summed E-state index contributed by atoms with van der Waals surface area (Å²) in [4.78, 5) is 6.57. The summed E-state index contributed by atoms with van der Waals surface area (Å²) in [5.74, 6) is 0.812. The third-order valence-corrected chi connectivity index (χ3v) is 9.36. The Bertz CT molecular complexity index is 1440. The molecule has 0 radical (unpaired) electrons. The number of nitrogens with zero attached hydrogens (tertiary/aromatic N) is 6. The van der Waals surface area contributed by atoms with Crippen LogP contribution in [0.15, 0.2) is 23.4 Å². The molecule has 3 aliphatic rings. The van der Waals surface area contributed by atoms with Crippen molar-refractivity contribution >= 4 is 32.7 Å². The van der Waals surface area contributed by atoms with Gasteiger partial charge in [-0.15, -0.1) is 10.2 Å². The highest BCUT2D eigenvalue weighted by atomic mass is 32.2. The molecule has 0 amide bonds. The summed E-state index contributed by atoms with van der Waals surface area (Å²) < 4.78 is 62.6. The molecule has 1 unspecified atom stereocenters. The van der Waals surface area contributed by atoms with Gasteiger partial charge in [-0.1, -0.05) is 11.3 Å². The molecule has 3 fully saturated rings. The van der Waals surface area contributed by atoms with E-state index in [1.165, 1.54) is 12.4 Å². The van der Waals surface area contributed by atoms with E-state index in [9.17, 15) is 22.5 Å². The largest absolute Gasteiger partial charge is 0.381 e. The lowest BCUT2D eigenvalue weighted by Crippen LogP contribution is -2.40. The van der Waals surface area contributed by atoms with Crippen LogP contribution in [0.2, 0.25) is 0 Å². The first-order valence-electron chi connectivity index (χ1n) is 11.2. The molecule has 5 heterocycles. The molecule has 3 aromatic rings. The van der Waals surface area contributed by atoms with E-state index in [4.69, 9.17) is 4.74 Å². The number of aromatic nitrogens is 4. The number of anilines is 1. The topological polar surface area (TPSA) is 126 Å². The molecule has 14 heteroatoms. The molecule has 0 spiro atoms. The third kappa shape index (κ3) is 3.96. The van der Waals surface area contributed by atoms with Gasteiger partial charge >= 0.3 is 0 Å². The maximum Gasteiger partial charge on any atom is 0.291 e. The minimum atomic E-state index is -4.05. The molecule has 1 N–H and O–H groups in total. The number of fused-ring (bicyclic) bond motifs is 2. The van der Waals surface area contributed by atoms with Gasteiger partial charge in [-0.25, -0.2) is 22.2 Å². The number of imidazole rings is 1. The molecule has 0 aromatic carbocycles. The van der Waals surface area contributed by atoms with Crippen molar-refractivity contribution in [3.8, 4) is 16.8 Å². The summed E-state index contributed by atoms with van der Waals surface area (Å²) in [6, 6.07) is 3.61. The standard InChI is InChI=1S/C21H21F2N7O3S2/c22-17(23)20-27-26-19(34-20)16-6-25-18-15(29-4-1-12-9-33-10-13(12)7-29)5-14(8-30(16)18)35(31,32)28-21(11-24)2-3-21/h5-6,8,12-13,17,28H,1-4,7,9-10H2/t12-,13?/m0/s1. The molecule has 10 nitrogen and oxygen atoms in total. The lowest BCUT2D eigenvalue weighted by molar-refractivity contribution is 0.150. The number of hydrogen-bond donors (Lipinski definition) is 1. The number of halogens is 2. The van der Waals surface area contributed by atoms with Crippen LogP contribution in [0.5, 0.6) is 0 Å². The zero-order chi connectivity index (χ0) is 24.4. The van der Waals surface area contributed by atoms with Crippen molar-refractivity contribution in [3.05, 3.63) is 23.5 Å². The van der Waals surface area contributed by atoms with Crippen molar-refractivity contribution in [2.24, 2.45) is 11.8 Å². The first kappa shape index (κ1) is 22.7. The fourth-order valence-electron chi connectivity index (χ4n) is 4.77. The molecule has 2 aliphatic heterocycles. The van der Waals surface area contributed by atoms with Crippen molar-refractivity contribution in [2.75, 3.05) is 31.2 Å². The minimum Gasteiger partial charge on any atom is -0.381 e. The fraction of sp³-hybridized carbons (Fsp3) is 0.524. The highest BCUT2D eigenvalue weighted by Crippen LogP contribution is 2.39. The first-order chi connectivity index (χ1) is 16.8. The van der Waals surface area contributed by atoms with Gasteiger partial charge in [-0.3, -0.25) is 4.40 Å². The smallest absolute Gasteiger partial charge is 0.291 e. The Labute approximate surface area is 203 Å². The molecule has 1 aliphatic carbocycles. The number of rotatable bonds is 6. The normalized spacial score (nSPS) is 23.5. The number of nitrogens with one attached hydrogen (secondary N) is 1. The molecular weight excluding hydrogens is 500 g/mol. The van der Waals surface area contributed by atoms with Gasteiger partial charge in [-0.05, 0) is 31.2 Å². The van der Waals surface area contributed by atoms with E-state index in [2.05, 4.69) is 24.8 Å². The molecule has 2 saturated heterocycles. The zero-order valence-corrected chi connectivity index (χ0v) is 20.0. The van der Waals surface area contributed by atoms with Crippen LogP contribution in [0.1, 0.15) is 30.7 Å². The predicted molar refractivity (Wildman–Crippen MR) is 122 cm³/mol. The van der Waals surface area contributed by atoms with Crippen molar-refractivity contribution in [1.82, 2.24) is 24.3 Å². The van der Waals surface area contributed by atoms with Gasteiger partial charge in [-0.2, -0.15) is 9.98 Å². The maximum atomic E-state index is 13.3. The van der Waals surface area contributed by atoms with Crippen LogP contribution >= 0.6 is 11.3 Å². The number of alkyl halides is 2. The highest BCUT2D eigenvalue weighted by Gasteiger charge is 2.47. The number of pyridine rings is 1. The lowest BCUT2D eigenvalue weighted by Gasteiger charge is -2.35. The van der Waals surface area contributed by atoms with Gasteiger partial charge in [0.1, 0.15) is 16.1 Å². The van der Waals surface area contributed by atoms with E-state index in [0.29, 0.717) is 61.4 Å². The monoisotopic (exact) mass is 521 g/mol. The van der Waals surface area contributed by atoms with Crippen LogP contribution in [0.25, 0.3) is 16.3 Å². The second kappa shape index (κ2) is 8.16. The highest BCUT2D eigenvalue weighted by molar-refractivity contribution is 7.89. The molecule has 6 rings (SSSR count). The van der Waals surface area contributed by atoms with Gasteiger partial charge in [0.2, 0.25) is 10.0 Å². The molecule has 0 bridgehead atoms. The Morgan fingerprint density at radius 3 is 2.80 bits per heavy atom. The van der Waals surface area contributed by atoms with Crippen molar-refractivity contribution < 1.29 is 21.9 Å². The summed E-state index contributed by atoms with van der Waals surface area (Å²) in [6.07, 6.45) is 1.93. The van der Waals surface area contributed by atoms with Gasteiger partial charge in [0.15, 0.2) is 15.7 Å². The summed E-state index contributed by atoms with van der Waals surface area (Å²) in [6.45, 7) is 2.79. The van der Waals surface area contributed by atoms with Crippen LogP contribution < -0.4 is 9.62 Å². The maximum absolute atomic E-state index is 13.3. The van der Waals surface area contributed by atoms with Crippen LogP contribution in [0.3, 0.4) is 0 Å². The Kier molecular flexibility index (Phi) is 5.29. The second-order valence-electron chi connectivity index (χ2n) is 9.24. The van der Waals surface area contributed by atoms with Crippen molar-refractivity contribution in [3.63, 3.8) is 0 Å². The van der Waals surface area contributed by atoms with Gasteiger partial charge in [0.05, 0.1) is 24.6 Å². The molecule has 35 heavy (non-hydrogen) atoms. The fourth-order valence-corrected chi connectivity index (χ4v) is 6.86. The van der Waals surface area contributed by atoms with E-state index < -0.39 is 27.0 Å². The Hall–Kier alpha value is -2.73. The first-order valence-corrected chi connectivity index (χ1v) is 13.5. The van der Waals surface area contributed by atoms with Crippen LogP contribution in [-0.2, 0) is 14.8 Å². The predicted octanol–water partition coefficient (Wildman–Crippen LogP) is 2.60. The quantitative estimate of drug-likeness (QED) is 0.525. The summed E-state index contributed by atoms with van der Waals surface area (Å²) in [7, 11) is -4.05. The molecular formula is C21H21F2N7O3S2. The van der Waals surface area contributed by atoms with Crippen LogP contribution in [0.4, 0.5) is 14.5 Å². The molecule has 1 saturated carbocycles. The molecule has 3 aromatic heterocycles. The van der Waals surface area contributed by atoms with Crippen molar-refractivity contribution in [1.29, 1.82) is 5.26 Å². The Morgan fingerprint density at radius 2 is 2.09 bits per heavy atom. The zero-order valence-electron chi connectivity index (χ0n) is 18.4. The number of nitriles is 1. The number of sulfonamides is 1.